The molecule has 2 aromatic carbocycles. The molecule has 0 aromatic heterocycles. The van der Waals surface area contributed by atoms with E-state index in [9.17, 15) is 14.3 Å². The van der Waals surface area contributed by atoms with Crippen molar-refractivity contribution in [3.05, 3.63) is 71.0 Å². The van der Waals surface area contributed by atoms with E-state index in [1.54, 1.807) is 13.0 Å². The smallest absolute Gasteiger partial charge is 0.251 e. The third kappa shape index (κ3) is 4.40. The number of aliphatic hydroxyl groups is 1. The van der Waals surface area contributed by atoms with Crippen LogP contribution in [0.1, 0.15) is 40.9 Å². The molecule has 2 N–H and O–H groups in total. The van der Waals surface area contributed by atoms with Gasteiger partial charge in [0.25, 0.3) is 5.91 Å². The third-order valence-corrected chi connectivity index (χ3v) is 3.44. The summed E-state index contributed by atoms with van der Waals surface area (Å²) in [6.07, 6.45) is -0.255. The number of aliphatic hydroxyl groups excluding tert-OH is 1. The summed E-state index contributed by atoms with van der Waals surface area (Å²) in [6, 6.07) is 13.3. The van der Waals surface area contributed by atoms with Gasteiger partial charge in [0.1, 0.15) is 5.82 Å². The van der Waals surface area contributed by atoms with E-state index in [0.29, 0.717) is 17.5 Å². The van der Waals surface area contributed by atoms with Gasteiger partial charge in [0.2, 0.25) is 0 Å². The zero-order valence-corrected chi connectivity index (χ0v) is 12.7. The minimum Gasteiger partial charge on any atom is -0.388 e. The highest BCUT2D eigenvalue weighted by molar-refractivity contribution is 5.94. The second kappa shape index (κ2) is 7.18. The van der Waals surface area contributed by atoms with Crippen LogP contribution in [0.3, 0.4) is 0 Å². The highest BCUT2D eigenvalue weighted by atomic mass is 19.1. The predicted octanol–water partition coefficient (Wildman–Crippen LogP) is 3.38. The van der Waals surface area contributed by atoms with E-state index < -0.39 is 11.9 Å². The van der Waals surface area contributed by atoms with Gasteiger partial charge in [-0.05, 0) is 49.6 Å². The maximum absolute atomic E-state index is 13.3. The quantitative estimate of drug-likeness (QED) is 0.889. The third-order valence-electron chi connectivity index (χ3n) is 3.44. The SMILES string of the molecule is Cc1cc(F)cc(C(=O)NC(C)CC(O)c2ccccc2)c1. The van der Waals surface area contributed by atoms with Crippen LogP contribution < -0.4 is 5.32 Å². The topological polar surface area (TPSA) is 49.3 Å². The Morgan fingerprint density at radius 2 is 1.91 bits per heavy atom. The lowest BCUT2D eigenvalue weighted by Gasteiger charge is -2.18. The van der Waals surface area contributed by atoms with Crippen molar-refractivity contribution in [2.24, 2.45) is 0 Å². The molecule has 0 fully saturated rings. The van der Waals surface area contributed by atoms with Gasteiger partial charge in [-0.15, -0.1) is 0 Å². The van der Waals surface area contributed by atoms with E-state index in [-0.39, 0.29) is 11.9 Å². The molecular weight excluding hydrogens is 281 g/mol. The van der Waals surface area contributed by atoms with Crippen LogP contribution in [-0.2, 0) is 0 Å². The van der Waals surface area contributed by atoms with Gasteiger partial charge < -0.3 is 10.4 Å². The molecule has 116 valence electrons. The molecule has 0 aliphatic heterocycles. The summed E-state index contributed by atoms with van der Waals surface area (Å²) in [6.45, 7) is 3.55. The fourth-order valence-electron chi connectivity index (χ4n) is 2.38. The average molecular weight is 301 g/mol. The second-order valence-electron chi connectivity index (χ2n) is 5.55. The van der Waals surface area contributed by atoms with Crippen LogP contribution in [0.25, 0.3) is 0 Å². The lowest BCUT2D eigenvalue weighted by atomic mass is 10.0. The number of hydrogen-bond acceptors (Lipinski definition) is 2. The molecule has 0 aliphatic rings. The van der Waals surface area contributed by atoms with Gasteiger partial charge in [0.05, 0.1) is 6.10 Å². The van der Waals surface area contributed by atoms with Crippen molar-refractivity contribution in [3.63, 3.8) is 0 Å². The lowest BCUT2D eigenvalue weighted by Crippen LogP contribution is -2.33. The van der Waals surface area contributed by atoms with E-state index in [2.05, 4.69) is 5.32 Å². The molecule has 2 aromatic rings. The predicted molar refractivity (Wildman–Crippen MR) is 84.1 cm³/mol. The Labute approximate surface area is 129 Å². The van der Waals surface area contributed by atoms with Crippen molar-refractivity contribution in [1.82, 2.24) is 5.32 Å². The summed E-state index contributed by atoms with van der Waals surface area (Å²) in [7, 11) is 0. The van der Waals surface area contributed by atoms with Gasteiger partial charge in [-0.1, -0.05) is 30.3 Å². The molecule has 0 bridgehead atoms. The molecule has 0 saturated carbocycles. The van der Waals surface area contributed by atoms with Crippen LogP contribution in [-0.4, -0.2) is 17.1 Å². The van der Waals surface area contributed by atoms with Gasteiger partial charge >= 0.3 is 0 Å². The van der Waals surface area contributed by atoms with Gasteiger partial charge in [-0.3, -0.25) is 4.79 Å². The fraction of sp³-hybridized carbons (Fsp3) is 0.278. The van der Waals surface area contributed by atoms with Gasteiger partial charge in [0.15, 0.2) is 0 Å². The van der Waals surface area contributed by atoms with Crippen LogP contribution in [0.2, 0.25) is 0 Å². The lowest BCUT2D eigenvalue weighted by molar-refractivity contribution is 0.0916. The molecule has 3 nitrogen and oxygen atoms in total. The molecule has 22 heavy (non-hydrogen) atoms. The average Bonchev–Trinajstić information content (AvgIpc) is 2.47. The Hall–Kier alpha value is -2.20. The molecular formula is C18H20FNO2. The molecule has 0 aliphatic carbocycles. The molecule has 0 spiro atoms. The number of aryl methyl sites for hydroxylation is 1. The second-order valence-corrected chi connectivity index (χ2v) is 5.55. The highest BCUT2D eigenvalue weighted by Gasteiger charge is 2.15. The Morgan fingerprint density at radius 1 is 1.23 bits per heavy atom. The van der Waals surface area contributed by atoms with E-state index in [1.807, 2.05) is 37.3 Å². The Bertz CT molecular complexity index is 623. The van der Waals surface area contributed by atoms with Gasteiger partial charge in [-0.2, -0.15) is 0 Å². The number of benzene rings is 2. The Balaban J connectivity index is 1.96. The van der Waals surface area contributed by atoms with Crippen LogP contribution in [0, 0.1) is 12.7 Å². The number of rotatable bonds is 5. The number of carbonyl (C=O) groups is 1. The number of hydrogen-bond donors (Lipinski definition) is 2. The van der Waals surface area contributed by atoms with Crippen molar-refractivity contribution in [1.29, 1.82) is 0 Å². The minimum absolute atomic E-state index is 0.230. The molecule has 2 rings (SSSR count). The summed E-state index contributed by atoms with van der Waals surface area (Å²) in [5.41, 5.74) is 1.80. The molecule has 2 unspecified atom stereocenters. The monoisotopic (exact) mass is 301 g/mol. The molecule has 0 heterocycles. The van der Waals surface area contributed by atoms with Crippen molar-refractivity contribution in [2.75, 3.05) is 0 Å². The summed E-state index contributed by atoms with van der Waals surface area (Å²) in [5.74, 6) is -0.766. The Morgan fingerprint density at radius 3 is 2.55 bits per heavy atom. The number of carbonyl (C=O) groups excluding carboxylic acids is 1. The first kappa shape index (κ1) is 16.2. The number of halogens is 1. The first-order chi connectivity index (χ1) is 10.5. The molecule has 0 radical (unpaired) electrons. The van der Waals surface area contributed by atoms with Gasteiger partial charge in [0, 0.05) is 11.6 Å². The summed E-state index contributed by atoms with van der Waals surface area (Å²) in [4.78, 5) is 12.1. The van der Waals surface area contributed by atoms with E-state index in [1.165, 1.54) is 12.1 Å². The zero-order valence-electron chi connectivity index (χ0n) is 12.7. The van der Waals surface area contributed by atoms with Crippen molar-refractivity contribution >= 4 is 5.91 Å². The zero-order chi connectivity index (χ0) is 16.1. The first-order valence-electron chi connectivity index (χ1n) is 7.27. The number of nitrogens with one attached hydrogen (secondary N) is 1. The van der Waals surface area contributed by atoms with Crippen molar-refractivity contribution in [3.8, 4) is 0 Å². The largest absolute Gasteiger partial charge is 0.388 e. The molecule has 1 amide bonds. The summed E-state index contributed by atoms with van der Waals surface area (Å²) >= 11 is 0. The first-order valence-corrected chi connectivity index (χ1v) is 7.27. The normalized spacial score (nSPS) is 13.5. The maximum atomic E-state index is 13.3. The number of amides is 1. The van der Waals surface area contributed by atoms with E-state index >= 15 is 0 Å². The van der Waals surface area contributed by atoms with Crippen LogP contribution in [0.5, 0.6) is 0 Å². The molecule has 2 atom stereocenters. The van der Waals surface area contributed by atoms with Crippen molar-refractivity contribution in [2.45, 2.75) is 32.4 Å². The fourth-order valence-corrected chi connectivity index (χ4v) is 2.38. The van der Waals surface area contributed by atoms with Crippen molar-refractivity contribution < 1.29 is 14.3 Å². The minimum atomic E-state index is -0.647. The highest BCUT2D eigenvalue weighted by Crippen LogP contribution is 2.18. The maximum Gasteiger partial charge on any atom is 0.251 e. The van der Waals surface area contributed by atoms with Gasteiger partial charge in [-0.25, -0.2) is 4.39 Å². The molecule has 0 saturated heterocycles. The van der Waals surface area contributed by atoms with Crippen LogP contribution >= 0.6 is 0 Å². The standard InChI is InChI=1S/C18H20FNO2/c1-12-8-15(11-16(19)9-12)18(22)20-13(2)10-17(21)14-6-4-3-5-7-14/h3-9,11,13,17,21H,10H2,1-2H3,(H,20,22). The summed E-state index contributed by atoms with van der Waals surface area (Å²) < 4.78 is 13.3. The van der Waals surface area contributed by atoms with E-state index in [4.69, 9.17) is 0 Å². The van der Waals surface area contributed by atoms with E-state index in [0.717, 1.165) is 5.56 Å². The van der Waals surface area contributed by atoms with Crippen LogP contribution in [0.4, 0.5) is 4.39 Å². The Kier molecular flexibility index (Phi) is 5.28. The molecule has 4 heteroatoms. The summed E-state index contributed by atoms with van der Waals surface area (Å²) in [5, 5.41) is 12.9. The van der Waals surface area contributed by atoms with Crippen LogP contribution in [0.15, 0.2) is 48.5 Å².